The normalized spacial score (nSPS) is 10.6. The minimum atomic E-state index is 0.0599. The summed E-state index contributed by atoms with van der Waals surface area (Å²) in [4.78, 5) is 10.7. The Labute approximate surface area is 103 Å². The average Bonchev–Trinajstić information content (AvgIpc) is 2.30. The van der Waals surface area contributed by atoms with E-state index in [9.17, 15) is 9.90 Å². The van der Waals surface area contributed by atoms with Crippen molar-refractivity contribution in [3.8, 4) is 11.5 Å². The van der Waals surface area contributed by atoms with E-state index in [1.165, 1.54) is 6.07 Å². The van der Waals surface area contributed by atoms with E-state index in [0.29, 0.717) is 28.8 Å². The highest BCUT2D eigenvalue weighted by molar-refractivity contribution is 9.09. The minimum absolute atomic E-state index is 0.0599. The Hall–Kier alpha value is -1.29. The minimum Gasteiger partial charge on any atom is -0.504 e. The molecule has 0 aliphatic carbocycles. The molecular weight excluding hydrogens is 272 g/mol. The van der Waals surface area contributed by atoms with Gasteiger partial charge in [-0.1, -0.05) is 28.1 Å². The lowest BCUT2D eigenvalue weighted by molar-refractivity contribution is 0.112. The molecule has 0 heterocycles. The highest BCUT2D eigenvalue weighted by Gasteiger charge is 2.08. The van der Waals surface area contributed by atoms with Crippen LogP contribution in [0, 0.1) is 0 Å². The van der Waals surface area contributed by atoms with Gasteiger partial charge in [0.1, 0.15) is 6.29 Å². The molecular formula is C12H13BrO3. The number of hydrogen-bond acceptors (Lipinski definition) is 3. The molecule has 1 aromatic carbocycles. The number of aldehydes is 1. The zero-order valence-corrected chi connectivity index (χ0v) is 10.5. The van der Waals surface area contributed by atoms with E-state index in [0.717, 1.165) is 6.29 Å². The Morgan fingerprint density at radius 1 is 1.50 bits per heavy atom. The molecule has 3 nitrogen and oxygen atoms in total. The molecule has 86 valence electrons. The van der Waals surface area contributed by atoms with Crippen LogP contribution in [0.25, 0.3) is 6.08 Å². The highest BCUT2D eigenvalue weighted by atomic mass is 79.9. The topological polar surface area (TPSA) is 46.5 Å². The summed E-state index contributed by atoms with van der Waals surface area (Å²) >= 11 is 3.25. The number of carbonyl (C=O) groups excluding carboxylic acids is 1. The van der Waals surface area contributed by atoms with Crippen molar-refractivity contribution in [2.45, 2.75) is 6.92 Å². The third kappa shape index (κ3) is 3.10. The van der Waals surface area contributed by atoms with Crippen molar-refractivity contribution < 1.29 is 14.6 Å². The molecule has 0 fully saturated rings. The zero-order valence-electron chi connectivity index (χ0n) is 8.94. The van der Waals surface area contributed by atoms with Crippen molar-refractivity contribution in [2.75, 3.05) is 11.9 Å². The number of benzene rings is 1. The summed E-state index contributed by atoms with van der Waals surface area (Å²) in [6.07, 6.45) is 4.30. The van der Waals surface area contributed by atoms with Crippen molar-refractivity contribution in [1.29, 1.82) is 0 Å². The van der Waals surface area contributed by atoms with Gasteiger partial charge in [0.15, 0.2) is 11.5 Å². The van der Waals surface area contributed by atoms with Crippen LogP contribution in [0.2, 0.25) is 0 Å². The maximum atomic E-state index is 10.7. The fraction of sp³-hybridized carbons (Fsp3) is 0.250. The van der Waals surface area contributed by atoms with Gasteiger partial charge >= 0.3 is 0 Å². The molecule has 0 bridgehead atoms. The third-order valence-electron chi connectivity index (χ3n) is 1.95. The van der Waals surface area contributed by atoms with Gasteiger partial charge in [-0.05, 0) is 19.1 Å². The van der Waals surface area contributed by atoms with Crippen LogP contribution in [0.5, 0.6) is 11.5 Å². The number of halogens is 1. The van der Waals surface area contributed by atoms with Gasteiger partial charge in [-0.25, -0.2) is 0 Å². The molecule has 0 aliphatic heterocycles. The van der Waals surface area contributed by atoms with E-state index in [1.54, 1.807) is 12.1 Å². The maximum Gasteiger partial charge on any atom is 0.165 e. The number of phenolic OH excluding ortho intramolecular Hbond substituents is 1. The molecule has 0 saturated carbocycles. The summed E-state index contributed by atoms with van der Waals surface area (Å²) in [6.45, 7) is 2.26. The van der Waals surface area contributed by atoms with Gasteiger partial charge in [-0.3, -0.25) is 4.79 Å². The van der Waals surface area contributed by atoms with Gasteiger partial charge in [0, 0.05) is 16.5 Å². The predicted molar refractivity (Wildman–Crippen MR) is 67.5 cm³/mol. The van der Waals surface area contributed by atoms with Crippen molar-refractivity contribution in [3.05, 3.63) is 29.3 Å². The third-order valence-corrected chi connectivity index (χ3v) is 2.32. The Kier molecular flexibility index (Phi) is 5.05. The van der Waals surface area contributed by atoms with Crippen LogP contribution in [0.3, 0.4) is 0 Å². The Balaban J connectivity index is 3.19. The van der Waals surface area contributed by atoms with Gasteiger partial charge in [-0.2, -0.15) is 0 Å². The number of aromatic hydroxyl groups is 1. The second-order valence-corrected chi connectivity index (χ2v) is 3.71. The van der Waals surface area contributed by atoms with Crippen LogP contribution in [-0.2, 0) is 0 Å². The Morgan fingerprint density at radius 2 is 2.25 bits per heavy atom. The summed E-state index contributed by atoms with van der Waals surface area (Å²) in [7, 11) is 0. The smallest absolute Gasteiger partial charge is 0.165 e. The summed E-state index contributed by atoms with van der Waals surface area (Å²) in [5, 5.41) is 10.5. The number of rotatable bonds is 5. The van der Waals surface area contributed by atoms with Crippen molar-refractivity contribution in [3.63, 3.8) is 0 Å². The number of phenols is 1. The van der Waals surface area contributed by atoms with Crippen LogP contribution in [0.1, 0.15) is 22.8 Å². The van der Waals surface area contributed by atoms with Crippen molar-refractivity contribution in [2.24, 2.45) is 0 Å². The van der Waals surface area contributed by atoms with E-state index in [4.69, 9.17) is 4.74 Å². The molecule has 0 aliphatic rings. The van der Waals surface area contributed by atoms with Gasteiger partial charge < -0.3 is 9.84 Å². The fourth-order valence-corrected chi connectivity index (χ4v) is 1.47. The molecule has 0 saturated heterocycles. The first kappa shape index (κ1) is 12.8. The van der Waals surface area contributed by atoms with E-state index < -0.39 is 0 Å². The summed E-state index contributed by atoms with van der Waals surface area (Å²) in [5.41, 5.74) is 1.06. The SMILES string of the molecule is CCOc1cc(C=O)cc(C=CCBr)c1O. The van der Waals surface area contributed by atoms with Crippen LogP contribution in [-0.4, -0.2) is 23.3 Å². The maximum absolute atomic E-state index is 10.7. The molecule has 0 radical (unpaired) electrons. The standard InChI is InChI=1S/C12H13BrO3/c1-2-16-11-7-9(8-14)6-10(12(11)15)4-3-5-13/h3-4,6-8,15H,2,5H2,1H3. The first-order chi connectivity index (χ1) is 7.72. The van der Waals surface area contributed by atoms with Gasteiger partial charge in [0.25, 0.3) is 0 Å². The molecule has 0 aromatic heterocycles. The summed E-state index contributed by atoms with van der Waals surface area (Å²) in [5.74, 6) is 0.394. The van der Waals surface area contributed by atoms with E-state index in [-0.39, 0.29) is 5.75 Å². The predicted octanol–water partition coefficient (Wildman–Crippen LogP) is 3.01. The summed E-state index contributed by atoms with van der Waals surface area (Å²) in [6, 6.07) is 3.14. The lowest BCUT2D eigenvalue weighted by Crippen LogP contribution is -1.94. The molecule has 0 amide bonds. The van der Waals surface area contributed by atoms with Crippen LogP contribution in [0.4, 0.5) is 0 Å². The molecule has 0 spiro atoms. The van der Waals surface area contributed by atoms with Crippen molar-refractivity contribution in [1.82, 2.24) is 0 Å². The Morgan fingerprint density at radius 3 is 2.81 bits per heavy atom. The molecule has 0 unspecified atom stereocenters. The average molecular weight is 285 g/mol. The van der Waals surface area contributed by atoms with Crippen molar-refractivity contribution >= 4 is 28.3 Å². The first-order valence-corrected chi connectivity index (χ1v) is 6.02. The van der Waals surface area contributed by atoms with E-state index >= 15 is 0 Å². The van der Waals surface area contributed by atoms with Gasteiger partial charge in [0.2, 0.25) is 0 Å². The highest BCUT2D eigenvalue weighted by Crippen LogP contribution is 2.32. The van der Waals surface area contributed by atoms with E-state index in [2.05, 4.69) is 15.9 Å². The molecule has 1 N–H and O–H groups in total. The lowest BCUT2D eigenvalue weighted by atomic mass is 10.1. The van der Waals surface area contributed by atoms with Crippen LogP contribution < -0.4 is 4.74 Å². The number of alkyl halides is 1. The van der Waals surface area contributed by atoms with E-state index in [1.807, 2.05) is 13.0 Å². The fourth-order valence-electron chi connectivity index (χ4n) is 1.28. The van der Waals surface area contributed by atoms with Gasteiger partial charge in [-0.15, -0.1) is 0 Å². The molecule has 4 heteroatoms. The number of carbonyl (C=O) groups is 1. The Bertz CT molecular complexity index is 399. The number of hydrogen-bond donors (Lipinski definition) is 1. The molecule has 0 atom stereocenters. The molecule has 16 heavy (non-hydrogen) atoms. The zero-order chi connectivity index (χ0) is 12.0. The van der Waals surface area contributed by atoms with Gasteiger partial charge in [0.05, 0.1) is 6.61 Å². The summed E-state index contributed by atoms with van der Waals surface area (Å²) < 4.78 is 5.25. The second kappa shape index (κ2) is 6.33. The monoisotopic (exact) mass is 284 g/mol. The molecule has 1 rings (SSSR count). The van der Waals surface area contributed by atoms with Crippen LogP contribution in [0.15, 0.2) is 18.2 Å². The quantitative estimate of drug-likeness (QED) is 0.668. The second-order valence-electron chi connectivity index (χ2n) is 3.06. The number of allylic oxidation sites excluding steroid dienone is 1. The molecule has 1 aromatic rings. The van der Waals surface area contributed by atoms with Crippen LogP contribution >= 0.6 is 15.9 Å². The first-order valence-electron chi connectivity index (χ1n) is 4.90. The number of ether oxygens (including phenoxy) is 1. The lowest BCUT2D eigenvalue weighted by Gasteiger charge is -2.09. The largest absolute Gasteiger partial charge is 0.504 e.